The van der Waals surface area contributed by atoms with Gasteiger partial charge in [-0.05, 0) is 63.8 Å². The Morgan fingerprint density at radius 2 is 2.03 bits per heavy atom. The van der Waals surface area contributed by atoms with Crippen LogP contribution in [0.15, 0.2) is 36.5 Å². The monoisotopic (exact) mass is 429 g/mol. The van der Waals surface area contributed by atoms with E-state index < -0.39 is 0 Å². The molecule has 1 aromatic heterocycles. The molecule has 1 aromatic carbocycles. The van der Waals surface area contributed by atoms with Gasteiger partial charge in [0.2, 0.25) is 0 Å². The lowest BCUT2D eigenvalue weighted by Gasteiger charge is -2.33. The van der Waals surface area contributed by atoms with Crippen molar-refractivity contribution in [1.29, 1.82) is 0 Å². The first-order valence-electron chi connectivity index (χ1n) is 10.6. The molecule has 0 radical (unpaired) electrons. The van der Waals surface area contributed by atoms with Crippen LogP contribution in [0.4, 0.5) is 11.5 Å². The molecule has 160 valence electrons. The summed E-state index contributed by atoms with van der Waals surface area (Å²) in [5, 5.41) is 3.76. The van der Waals surface area contributed by atoms with Crippen LogP contribution in [0.2, 0.25) is 5.02 Å². The van der Waals surface area contributed by atoms with Crippen LogP contribution in [-0.4, -0.2) is 42.3 Å². The number of hydrogen-bond acceptors (Lipinski definition) is 5. The number of hydrogen-bond donors (Lipinski definition) is 1. The summed E-state index contributed by atoms with van der Waals surface area (Å²) >= 11 is 6.36. The van der Waals surface area contributed by atoms with Gasteiger partial charge >= 0.3 is 0 Å². The summed E-state index contributed by atoms with van der Waals surface area (Å²) in [5.41, 5.74) is 1.35. The van der Waals surface area contributed by atoms with E-state index in [4.69, 9.17) is 21.1 Å². The Balaban J connectivity index is 1.49. The molecule has 0 unspecified atom stereocenters. The molecule has 6 nitrogen and oxygen atoms in total. The summed E-state index contributed by atoms with van der Waals surface area (Å²) in [6.45, 7) is 5.21. The summed E-state index contributed by atoms with van der Waals surface area (Å²) in [6.07, 6.45) is 6.04. The van der Waals surface area contributed by atoms with E-state index in [0.717, 1.165) is 31.4 Å². The largest absolute Gasteiger partial charge is 0.489 e. The van der Waals surface area contributed by atoms with E-state index in [-0.39, 0.29) is 18.1 Å². The summed E-state index contributed by atoms with van der Waals surface area (Å²) in [6, 6.07) is 9.40. The zero-order chi connectivity index (χ0) is 21.1. The maximum Gasteiger partial charge on any atom is 0.255 e. The van der Waals surface area contributed by atoms with Crippen molar-refractivity contribution in [2.24, 2.45) is 0 Å². The van der Waals surface area contributed by atoms with E-state index in [9.17, 15) is 4.79 Å². The van der Waals surface area contributed by atoms with Crippen LogP contribution in [0.25, 0.3) is 0 Å². The van der Waals surface area contributed by atoms with Gasteiger partial charge < -0.3 is 19.7 Å². The molecule has 1 amide bonds. The fourth-order valence-electron chi connectivity index (χ4n) is 4.21. The Morgan fingerprint density at radius 1 is 1.23 bits per heavy atom. The van der Waals surface area contributed by atoms with Crippen molar-refractivity contribution in [3.05, 3.63) is 47.1 Å². The predicted octanol–water partition coefficient (Wildman–Crippen LogP) is 4.73. The smallest absolute Gasteiger partial charge is 0.255 e. The summed E-state index contributed by atoms with van der Waals surface area (Å²) in [7, 11) is 0. The molecule has 1 fully saturated rings. The molecular weight excluding hydrogens is 402 g/mol. The minimum Gasteiger partial charge on any atom is -0.489 e. The molecule has 2 aliphatic rings. The summed E-state index contributed by atoms with van der Waals surface area (Å²) < 4.78 is 11.8. The van der Waals surface area contributed by atoms with Gasteiger partial charge in [-0.3, -0.25) is 4.79 Å². The number of fused-ring (bicyclic) bond motifs is 1. The van der Waals surface area contributed by atoms with Gasteiger partial charge in [-0.25, -0.2) is 4.98 Å². The van der Waals surface area contributed by atoms with Crippen LogP contribution < -0.4 is 15.0 Å². The second-order valence-electron chi connectivity index (χ2n) is 8.09. The molecule has 0 saturated heterocycles. The number of para-hydroxylation sites is 1. The Labute approximate surface area is 182 Å². The fraction of sp³-hybridized carbons (Fsp3) is 0.478. The van der Waals surface area contributed by atoms with E-state index in [1.54, 1.807) is 12.3 Å². The Hall–Kier alpha value is -2.31. The first-order chi connectivity index (χ1) is 14.5. The van der Waals surface area contributed by atoms with Crippen LogP contribution in [0.1, 0.15) is 49.9 Å². The second kappa shape index (κ2) is 9.23. The zero-order valence-corrected chi connectivity index (χ0v) is 18.2. The summed E-state index contributed by atoms with van der Waals surface area (Å²) in [4.78, 5) is 19.5. The maximum absolute atomic E-state index is 13.1. The van der Waals surface area contributed by atoms with Crippen LogP contribution in [0.5, 0.6) is 5.75 Å². The van der Waals surface area contributed by atoms with Crippen molar-refractivity contribution in [2.45, 2.75) is 57.8 Å². The highest BCUT2D eigenvalue weighted by Gasteiger charge is 2.29. The number of nitrogens with one attached hydrogen (secondary N) is 1. The van der Waals surface area contributed by atoms with Crippen molar-refractivity contribution in [2.75, 3.05) is 18.1 Å². The molecule has 1 aliphatic carbocycles. The fourth-order valence-corrected chi connectivity index (χ4v) is 4.44. The lowest BCUT2D eigenvalue weighted by molar-refractivity contribution is -0.0159. The molecule has 0 bridgehead atoms. The number of pyridine rings is 1. The van der Waals surface area contributed by atoms with Crippen molar-refractivity contribution in [3.8, 4) is 5.75 Å². The van der Waals surface area contributed by atoms with Gasteiger partial charge in [-0.2, -0.15) is 0 Å². The molecule has 7 heteroatoms. The summed E-state index contributed by atoms with van der Waals surface area (Å²) in [5.74, 6) is 1.15. The number of amides is 1. The number of anilines is 2. The molecular formula is C23H28ClN3O3. The van der Waals surface area contributed by atoms with Gasteiger partial charge in [-0.15, -0.1) is 0 Å². The lowest BCUT2D eigenvalue weighted by atomic mass is 9.92. The zero-order valence-electron chi connectivity index (χ0n) is 17.4. The molecule has 1 aliphatic heterocycles. The van der Waals surface area contributed by atoms with Gasteiger partial charge in [-0.1, -0.05) is 17.7 Å². The van der Waals surface area contributed by atoms with Gasteiger partial charge in [0.1, 0.15) is 6.61 Å². The van der Waals surface area contributed by atoms with E-state index in [2.05, 4.69) is 24.1 Å². The van der Waals surface area contributed by atoms with Gasteiger partial charge in [0, 0.05) is 12.2 Å². The molecule has 1 saturated carbocycles. The van der Waals surface area contributed by atoms with Crippen molar-refractivity contribution >= 4 is 29.0 Å². The third kappa shape index (κ3) is 4.55. The Morgan fingerprint density at radius 3 is 2.77 bits per heavy atom. The molecule has 0 spiro atoms. The minimum atomic E-state index is -0.103. The van der Waals surface area contributed by atoms with E-state index >= 15 is 0 Å². The quantitative estimate of drug-likeness (QED) is 0.744. The number of aromatic nitrogens is 1. The molecule has 4 rings (SSSR count). The maximum atomic E-state index is 13.1. The highest BCUT2D eigenvalue weighted by molar-refractivity contribution is 6.33. The third-order valence-electron chi connectivity index (χ3n) is 5.56. The van der Waals surface area contributed by atoms with Crippen LogP contribution in [-0.2, 0) is 4.74 Å². The standard InChI is InChI=1S/C23H28ClN3O3/c1-15(2)30-17-10-8-16(9-11-17)26-23(28)18-5-3-7-20-21(18)29-14-13-27(20)22-19(24)6-4-12-25-22/h3-7,12,15-17H,8-11,13-14H2,1-2H3,(H,26,28). The molecule has 30 heavy (non-hydrogen) atoms. The average molecular weight is 430 g/mol. The third-order valence-corrected chi connectivity index (χ3v) is 5.85. The van der Waals surface area contributed by atoms with E-state index in [1.165, 1.54) is 0 Å². The topological polar surface area (TPSA) is 63.7 Å². The van der Waals surface area contributed by atoms with Gasteiger partial charge in [0.05, 0.1) is 35.0 Å². The molecule has 0 atom stereocenters. The van der Waals surface area contributed by atoms with Crippen molar-refractivity contribution in [3.63, 3.8) is 0 Å². The highest BCUT2D eigenvalue weighted by atomic mass is 35.5. The molecule has 2 aromatic rings. The van der Waals surface area contributed by atoms with Crippen LogP contribution in [0.3, 0.4) is 0 Å². The van der Waals surface area contributed by atoms with Crippen LogP contribution >= 0.6 is 11.6 Å². The van der Waals surface area contributed by atoms with Gasteiger partial charge in [0.25, 0.3) is 5.91 Å². The van der Waals surface area contributed by atoms with Crippen molar-refractivity contribution in [1.82, 2.24) is 10.3 Å². The first-order valence-corrected chi connectivity index (χ1v) is 11.0. The number of rotatable bonds is 5. The normalized spacial score (nSPS) is 21.1. The minimum absolute atomic E-state index is 0.103. The lowest BCUT2D eigenvalue weighted by Crippen LogP contribution is -2.40. The number of carbonyl (C=O) groups excluding carboxylic acids is 1. The Kier molecular flexibility index (Phi) is 6.44. The number of ether oxygens (including phenoxy) is 2. The Bertz CT molecular complexity index is 897. The second-order valence-corrected chi connectivity index (χ2v) is 8.50. The van der Waals surface area contributed by atoms with Gasteiger partial charge in [0.15, 0.2) is 11.6 Å². The number of halogens is 1. The molecule has 2 heterocycles. The SMILES string of the molecule is CC(C)OC1CCC(NC(=O)c2cccc3c2OCCN3c2ncccc2Cl)CC1. The average Bonchev–Trinajstić information content (AvgIpc) is 2.74. The molecule has 1 N–H and O–H groups in total. The predicted molar refractivity (Wildman–Crippen MR) is 118 cm³/mol. The van der Waals surface area contributed by atoms with E-state index in [0.29, 0.717) is 41.4 Å². The first kappa shape index (κ1) is 20.9. The van der Waals surface area contributed by atoms with Crippen LogP contribution in [0, 0.1) is 0 Å². The van der Waals surface area contributed by atoms with Crippen molar-refractivity contribution < 1.29 is 14.3 Å². The number of carbonyl (C=O) groups is 1. The number of benzene rings is 1. The number of nitrogens with zero attached hydrogens (tertiary/aromatic N) is 2. The van der Waals surface area contributed by atoms with E-state index in [1.807, 2.05) is 29.2 Å². The highest BCUT2D eigenvalue weighted by Crippen LogP contribution is 2.40.